The van der Waals surface area contributed by atoms with Crippen molar-refractivity contribution in [1.29, 1.82) is 0 Å². The minimum absolute atomic E-state index is 0.885. The highest BCUT2D eigenvalue weighted by Gasteiger charge is 2.28. The van der Waals surface area contributed by atoms with Gasteiger partial charge in [-0.05, 0) is 278 Å². The number of pyridine rings is 3. The Hall–Kier alpha value is -19.5. The lowest BCUT2D eigenvalue weighted by Crippen LogP contribution is -1.93. The van der Waals surface area contributed by atoms with Crippen LogP contribution in [0.25, 0.3) is 307 Å². The van der Waals surface area contributed by atoms with Crippen molar-refractivity contribution < 1.29 is 17.7 Å². The van der Waals surface area contributed by atoms with Crippen molar-refractivity contribution in [3.8, 4) is 111 Å². The van der Waals surface area contributed by atoms with E-state index in [1.165, 1.54) is 153 Å². The van der Waals surface area contributed by atoms with Crippen molar-refractivity contribution in [2.45, 2.75) is 0 Å². The highest BCUT2D eigenvalue weighted by Crippen LogP contribution is 2.54. The average molecular weight is 1860 g/mol. The summed E-state index contributed by atoms with van der Waals surface area (Å²) in [4.78, 5) is 14.0. The molecule has 0 spiro atoms. The molecule has 7 heteroatoms. The molecule has 31 rings (SSSR count). The first-order valence-corrected chi connectivity index (χ1v) is 49.7. The van der Waals surface area contributed by atoms with Crippen LogP contribution < -0.4 is 0 Å². The van der Waals surface area contributed by atoms with Gasteiger partial charge in [0.2, 0.25) is 0 Å². The molecular weight excluding hydrogens is 1780 g/mol. The molecule has 24 aromatic carbocycles. The van der Waals surface area contributed by atoms with Gasteiger partial charge in [-0.3, -0.25) is 15.0 Å². The first-order valence-electron chi connectivity index (χ1n) is 49.7. The van der Waals surface area contributed by atoms with Crippen LogP contribution in [0.4, 0.5) is 0 Å². The van der Waals surface area contributed by atoms with E-state index in [1.807, 2.05) is 79.4 Å². The lowest BCUT2D eigenvalue weighted by molar-refractivity contribution is 0.668. The lowest BCUT2D eigenvalue weighted by Gasteiger charge is -2.19. The lowest BCUT2D eigenvalue weighted by atomic mass is 9.83. The van der Waals surface area contributed by atoms with Crippen molar-refractivity contribution in [3.05, 3.63) is 504 Å². The number of rotatable bonds is 10. The van der Waals surface area contributed by atoms with Crippen molar-refractivity contribution in [2.75, 3.05) is 0 Å². The van der Waals surface area contributed by atoms with Gasteiger partial charge in [-0.1, -0.05) is 376 Å². The molecular formula is C139H83N3O4. The summed E-state index contributed by atoms with van der Waals surface area (Å²) in [5, 5.41) is 31.8. The Morgan fingerprint density at radius 1 is 0.151 bits per heavy atom. The summed E-state index contributed by atoms with van der Waals surface area (Å²) in [5.74, 6) is 0. The van der Waals surface area contributed by atoms with E-state index in [0.29, 0.717) is 0 Å². The van der Waals surface area contributed by atoms with E-state index < -0.39 is 0 Å². The molecule has 7 nitrogen and oxygen atoms in total. The fraction of sp³-hybridized carbons (Fsp3) is 0. The van der Waals surface area contributed by atoms with E-state index in [0.717, 1.165) is 154 Å². The fourth-order valence-electron chi connectivity index (χ4n) is 23.4. The summed E-state index contributed by atoms with van der Waals surface area (Å²) in [7, 11) is 0. The number of furan rings is 4. The third kappa shape index (κ3) is 13.8. The van der Waals surface area contributed by atoms with Crippen molar-refractivity contribution in [2.24, 2.45) is 0 Å². The van der Waals surface area contributed by atoms with E-state index in [-0.39, 0.29) is 0 Å². The third-order valence-electron chi connectivity index (χ3n) is 30.0. The molecule has 0 unspecified atom stereocenters. The zero-order valence-electron chi connectivity index (χ0n) is 78.9. The summed E-state index contributed by atoms with van der Waals surface area (Å²) in [6.07, 6.45) is 7.56. The maximum Gasteiger partial charge on any atom is 0.143 e. The van der Waals surface area contributed by atoms with Gasteiger partial charge >= 0.3 is 0 Å². The van der Waals surface area contributed by atoms with Crippen LogP contribution >= 0.6 is 0 Å². The van der Waals surface area contributed by atoms with Gasteiger partial charge in [-0.15, -0.1) is 0 Å². The standard InChI is InChI=1S/C52H32O.C47H27NO2.C40H24N2O/c1-2-13-37-31-38(28-25-33(37)11-1)34-23-26-36(27-24-34)50-43-17-5-6-18-44(43)51(47-21-10-20-46-42-16-7-8-22-49(42)53-52(46)47)48-32-39(29-30-45(48)50)41-19-9-14-35-12-3-4-15-40(35)41;1-2-12-35-34(11-1)45(30-20-21-33-32-10-3-5-16-41(32)50-44(33)26-30)39-25-29(31-14-7-9-28-23-24-48-27-40(28)31)19-22-36(39)46(35)38-15-8-18-43-47(38)37-13-4-6-17-42(37)49-43;1-2-13-31-30(12-1)38(27-18-19-29-28-11-3-4-16-36(28)43-37(29)24-27)34-23-26(35-15-5-6-21-41-35)17-20-32(34)39(31)33-14-7-9-25-10-8-22-42-40(25)33/h1-32H;1-27H;1-24H. The highest BCUT2D eigenvalue weighted by molar-refractivity contribution is 6.30. The number of para-hydroxylation sites is 6. The van der Waals surface area contributed by atoms with E-state index in [2.05, 4.69) is 435 Å². The molecule has 0 N–H and O–H groups in total. The maximum absolute atomic E-state index is 6.71. The molecule has 0 aliphatic rings. The number of aromatic nitrogens is 3. The van der Waals surface area contributed by atoms with Crippen LogP contribution in [0.2, 0.25) is 0 Å². The van der Waals surface area contributed by atoms with Gasteiger partial charge in [0.1, 0.15) is 44.7 Å². The Kier molecular flexibility index (Phi) is 19.6. The van der Waals surface area contributed by atoms with Gasteiger partial charge < -0.3 is 17.7 Å². The fourth-order valence-corrected chi connectivity index (χ4v) is 23.4. The van der Waals surface area contributed by atoms with Crippen LogP contribution in [0.5, 0.6) is 0 Å². The van der Waals surface area contributed by atoms with E-state index >= 15 is 0 Å². The Morgan fingerprint density at radius 3 is 1.15 bits per heavy atom. The molecule has 0 bridgehead atoms. The third-order valence-corrected chi connectivity index (χ3v) is 30.0. The molecule has 0 atom stereocenters. The number of hydrogen-bond acceptors (Lipinski definition) is 7. The molecule has 678 valence electrons. The number of nitrogens with zero attached hydrogens (tertiary/aromatic N) is 3. The van der Waals surface area contributed by atoms with Crippen LogP contribution in [0.3, 0.4) is 0 Å². The van der Waals surface area contributed by atoms with Gasteiger partial charge in [-0.2, -0.15) is 0 Å². The predicted octanol–water partition coefficient (Wildman–Crippen LogP) is 39.0. The molecule has 0 radical (unpaired) electrons. The largest absolute Gasteiger partial charge is 0.456 e. The van der Waals surface area contributed by atoms with Gasteiger partial charge in [0.05, 0.1) is 11.2 Å². The van der Waals surface area contributed by atoms with Crippen LogP contribution in [0.1, 0.15) is 0 Å². The van der Waals surface area contributed by atoms with Gasteiger partial charge in [-0.25, -0.2) is 0 Å². The minimum atomic E-state index is 0.885. The molecule has 0 aliphatic heterocycles. The molecule has 0 saturated carbocycles. The summed E-state index contributed by atoms with van der Waals surface area (Å²) < 4.78 is 25.9. The second-order valence-electron chi connectivity index (χ2n) is 38.0. The van der Waals surface area contributed by atoms with Crippen LogP contribution in [-0.2, 0) is 0 Å². The second kappa shape index (κ2) is 34.2. The topological polar surface area (TPSA) is 91.2 Å². The maximum atomic E-state index is 6.71. The Balaban J connectivity index is 0.000000104. The second-order valence-corrected chi connectivity index (χ2v) is 38.0. The van der Waals surface area contributed by atoms with E-state index in [4.69, 9.17) is 22.7 Å². The summed E-state index contributed by atoms with van der Waals surface area (Å²) in [5.41, 5.74) is 31.4. The van der Waals surface area contributed by atoms with Crippen molar-refractivity contribution in [3.63, 3.8) is 0 Å². The zero-order chi connectivity index (χ0) is 96.0. The molecule has 7 heterocycles. The van der Waals surface area contributed by atoms with Crippen LogP contribution in [0, 0.1) is 0 Å². The number of benzene rings is 24. The summed E-state index contributed by atoms with van der Waals surface area (Å²) in [6.45, 7) is 0. The molecule has 0 saturated heterocycles. The molecule has 0 aliphatic carbocycles. The zero-order valence-corrected chi connectivity index (χ0v) is 78.9. The predicted molar refractivity (Wildman–Crippen MR) is 611 cm³/mol. The summed E-state index contributed by atoms with van der Waals surface area (Å²) >= 11 is 0. The van der Waals surface area contributed by atoms with Gasteiger partial charge in [0.15, 0.2) is 0 Å². The van der Waals surface area contributed by atoms with Gasteiger partial charge in [0, 0.05) is 101 Å². The number of fused-ring (bicyclic) bond motifs is 22. The molecule has 0 amide bonds. The van der Waals surface area contributed by atoms with E-state index in [1.54, 1.807) is 0 Å². The highest BCUT2D eigenvalue weighted by atomic mass is 16.3. The Morgan fingerprint density at radius 2 is 0.521 bits per heavy atom. The average Bonchev–Trinajstić information content (AvgIpc) is 1.01. The van der Waals surface area contributed by atoms with Gasteiger partial charge in [0.25, 0.3) is 0 Å². The molecule has 0 fully saturated rings. The normalized spacial score (nSPS) is 11.8. The first kappa shape index (κ1) is 83.5. The minimum Gasteiger partial charge on any atom is -0.456 e. The summed E-state index contributed by atoms with van der Waals surface area (Å²) in [6, 6.07) is 172. The smallest absolute Gasteiger partial charge is 0.143 e. The monoisotopic (exact) mass is 1860 g/mol. The molecule has 31 aromatic rings. The Labute approximate surface area is 837 Å². The molecule has 7 aromatic heterocycles. The van der Waals surface area contributed by atoms with Crippen molar-refractivity contribution in [1.82, 2.24) is 15.0 Å². The van der Waals surface area contributed by atoms with Crippen LogP contribution in [-0.4, -0.2) is 15.0 Å². The first-order chi connectivity index (χ1) is 72.4. The van der Waals surface area contributed by atoms with Crippen LogP contribution in [0.15, 0.2) is 522 Å². The van der Waals surface area contributed by atoms with E-state index in [9.17, 15) is 0 Å². The molecule has 146 heavy (non-hydrogen) atoms. The quantitative estimate of drug-likeness (QED) is 0.126. The SMILES string of the molecule is c1cc(-c2ccc3c(-c4cccc5oc6ccccc6c45)c4ccccc4c(-c4ccc5c(c4)oc4ccccc45)c3c2)c2cnccc2c1.c1ccc(-c2ccc3c(-c4cccc5cccnc45)c4ccccc4c(-c4ccc5c(c4)oc4ccccc45)c3c2)nc1.c1ccc2cc(-c3ccc(-c4c5ccccc5c(-c5cccc6c5oc5ccccc56)c5cc(-c6cccc7ccccc67)ccc45)cc3)ccc2c1. The van der Waals surface area contributed by atoms with Crippen molar-refractivity contribution >= 4 is 196 Å². The number of hydrogen-bond donors (Lipinski definition) is 0. The Bertz CT molecular complexity index is 10800.